The molecule has 1 saturated heterocycles. The van der Waals surface area contributed by atoms with E-state index in [0.717, 1.165) is 0 Å². The molecule has 0 N–H and O–H groups in total. The molecule has 1 atom stereocenters. The van der Waals surface area contributed by atoms with Crippen molar-refractivity contribution in [3.05, 3.63) is 33.8 Å². The number of halogens is 2. The number of amides is 1. The summed E-state index contributed by atoms with van der Waals surface area (Å²) in [5.74, 6) is -0.331. The van der Waals surface area contributed by atoms with E-state index in [4.69, 9.17) is 23.2 Å². The Kier molecular flexibility index (Phi) is 3.58. The first-order valence-corrected chi connectivity index (χ1v) is 7.72. The molecule has 0 spiro atoms. The maximum Gasteiger partial charge on any atom is 0.224 e. The fourth-order valence-corrected chi connectivity index (χ4v) is 4.14. The van der Waals surface area contributed by atoms with Gasteiger partial charge in [0.05, 0.1) is 15.8 Å². The van der Waals surface area contributed by atoms with Gasteiger partial charge in [-0.2, -0.15) is 0 Å². The number of rotatable bonds is 1. The molecule has 1 amide bonds. The average Bonchev–Trinajstić information content (AvgIpc) is 2.29. The quantitative estimate of drug-likeness (QED) is 0.800. The van der Waals surface area contributed by atoms with E-state index >= 15 is 0 Å². The van der Waals surface area contributed by atoms with E-state index in [1.54, 1.807) is 6.07 Å². The van der Waals surface area contributed by atoms with Gasteiger partial charge < -0.3 is 4.90 Å². The molecule has 0 unspecified atom stereocenters. The number of carbonyl (C=O) groups excluding carboxylic acids is 1. The van der Waals surface area contributed by atoms with Crippen LogP contribution in [-0.4, -0.2) is 32.0 Å². The van der Waals surface area contributed by atoms with Gasteiger partial charge in [0.2, 0.25) is 5.91 Å². The Bertz CT molecular complexity index is 600. The fourth-order valence-electron chi connectivity index (χ4n) is 1.99. The number of sulfone groups is 1. The van der Waals surface area contributed by atoms with E-state index in [9.17, 15) is 13.2 Å². The highest BCUT2D eigenvalue weighted by atomic mass is 35.5. The van der Waals surface area contributed by atoms with Gasteiger partial charge >= 0.3 is 0 Å². The molecule has 0 aliphatic carbocycles. The number of nitrogens with zero attached hydrogens (tertiary/aromatic N) is 1. The lowest BCUT2D eigenvalue weighted by Gasteiger charge is -2.32. The molecule has 1 heterocycles. The van der Waals surface area contributed by atoms with Crippen molar-refractivity contribution < 1.29 is 13.2 Å². The Balaban J connectivity index is 2.51. The van der Waals surface area contributed by atoms with Crippen molar-refractivity contribution in [3.63, 3.8) is 0 Å². The number of benzene rings is 1. The minimum absolute atomic E-state index is 0.0245. The van der Waals surface area contributed by atoms with Crippen LogP contribution in [0.15, 0.2) is 18.2 Å². The Morgan fingerprint density at radius 2 is 1.94 bits per heavy atom. The lowest BCUT2D eigenvalue weighted by Crippen LogP contribution is -2.42. The van der Waals surface area contributed by atoms with Crippen LogP contribution in [0.25, 0.3) is 0 Å². The van der Waals surface area contributed by atoms with Gasteiger partial charge in [-0.05, 0) is 17.7 Å². The molecule has 7 heteroatoms. The van der Waals surface area contributed by atoms with E-state index in [1.807, 2.05) is 0 Å². The van der Waals surface area contributed by atoms with Gasteiger partial charge in [0.15, 0.2) is 15.2 Å². The van der Waals surface area contributed by atoms with Crippen LogP contribution in [0.2, 0.25) is 10.0 Å². The van der Waals surface area contributed by atoms with Crippen molar-refractivity contribution in [2.24, 2.45) is 0 Å². The van der Waals surface area contributed by atoms with Crippen molar-refractivity contribution in [3.8, 4) is 0 Å². The third-order valence-electron chi connectivity index (χ3n) is 2.91. The summed E-state index contributed by atoms with van der Waals surface area (Å²) in [5, 5.41) is -0.355. The maximum absolute atomic E-state index is 12.1. The highest BCUT2D eigenvalue weighted by Gasteiger charge is 2.38. The summed E-state index contributed by atoms with van der Waals surface area (Å²) in [7, 11) is -1.91. The Morgan fingerprint density at radius 3 is 2.56 bits per heavy atom. The summed E-state index contributed by atoms with van der Waals surface area (Å²) in [4.78, 5) is 12.9. The first-order valence-electron chi connectivity index (χ1n) is 5.25. The molecule has 0 bridgehead atoms. The minimum atomic E-state index is -3.38. The predicted octanol–water partition coefficient (Wildman–Crippen LogP) is 2.27. The molecule has 1 aromatic carbocycles. The van der Waals surface area contributed by atoms with Crippen molar-refractivity contribution in [1.82, 2.24) is 4.90 Å². The van der Waals surface area contributed by atoms with Crippen LogP contribution in [0.4, 0.5) is 0 Å². The van der Waals surface area contributed by atoms with E-state index in [-0.39, 0.29) is 23.1 Å². The van der Waals surface area contributed by atoms with Crippen LogP contribution in [0.1, 0.15) is 17.4 Å². The summed E-state index contributed by atoms with van der Waals surface area (Å²) in [6.07, 6.45) is 0.0245. The Morgan fingerprint density at radius 1 is 1.28 bits per heavy atom. The maximum atomic E-state index is 12.1. The van der Waals surface area contributed by atoms with Crippen molar-refractivity contribution in [2.75, 3.05) is 12.8 Å². The smallest absolute Gasteiger partial charge is 0.224 e. The van der Waals surface area contributed by atoms with Crippen LogP contribution in [0.5, 0.6) is 0 Å². The molecule has 2 rings (SSSR count). The highest BCUT2D eigenvalue weighted by molar-refractivity contribution is 7.91. The van der Waals surface area contributed by atoms with Gasteiger partial charge in [-0.3, -0.25) is 4.79 Å². The molecular weight excluding hydrogens is 297 g/mol. The Labute approximate surface area is 115 Å². The first-order chi connectivity index (χ1) is 8.33. The second kappa shape index (κ2) is 4.72. The van der Waals surface area contributed by atoms with E-state index in [2.05, 4.69) is 0 Å². The molecule has 0 aromatic heterocycles. The Hall–Kier alpha value is -0.780. The highest BCUT2D eigenvalue weighted by Crippen LogP contribution is 2.34. The lowest BCUT2D eigenvalue weighted by molar-refractivity contribution is -0.130. The molecule has 1 aliphatic heterocycles. The molecule has 1 aliphatic rings. The van der Waals surface area contributed by atoms with E-state index < -0.39 is 15.2 Å². The van der Waals surface area contributed by atoms with Crippen LogP contribution in [0, 0.1) is 0 Å². The van der Waals surface area contributed by atoms with Crippen molar-refractivity contribution >= 4 is 38.9 Å². The molecule has 1 fully saturated rings. The summed E-state index contributed by atoms with van der Waals surface area (Å²) < 4.78 is 24.1. The summed E-state index contributed by atoms with van der Waals surface area (Å²) in [5.41, 5.74) is 0.458. The minimum Gasteiger partial charge on any atom is -0.325 e. The zero-order valence-electron chi connectivity index (χ0n) is 9.56. The fraction of sp³-hybridized carbons (Fsp3) is 0.364. The summed E-state index contributed by atoms with van der Waals surface area (Å²) in [6, 6.07) is 4.59. The van der Waals surface area contributed by atoms with E-state index in [0.29, 0.717) is 10.6 Å². The molecule has 98 valence electrons. The average molecular weight is 308 g/mol. The van der Waals surface area contributed by atoms with Crippen LogP contribution < -0.4 is 0 Å². The zero-order chi connectivity index (χ0) is 13.5. The van der Waals surface area contributed by atoms with Crippen LogP contribution >= 0.6 is 23.2 Å². The molecule has 0 saturated carbocycles. The van der Waals surface area contributed by atoms with Gasteiger partial charge in [0.1, 0.15) is 0 Å². The van der Waals surface area contributed by atoms with Crippen LogP contribution in [0.3, 0.4) is 0 Å². The largest absolute Gasteiger partial charge is 0.325 e. The standard InChI is InChI=1S/C11H11Cl2NO3S/c1-14-10(15)4-5-18(16,17)11(14)7-2-3-8(12)9(13)6-7/h2-3,6,11H,4-5H2,1H3/t11-/m1/s1. The molecular formula is C11H11Cl2NO3S. The number of hydrogen-bond donors (Lipinski definition) is 0. The third-order valence-corrected chi connectivity index (χ3v) is 5.70. The predicted molar refractivity (Wildman–Crippen MR) is 70.4 cm³/mol. The number of hydrogen-bond acceptors (Lipinski definition) is 3. The summed E-state index contributed by atoms with van der Waals surface area (Å²) >= 11 is 11.7. The van der Waals surface area contributed by atoms with Crippen molar-refractivity contribution in [2.45, 2.75) is 11.8 Å². The van der Waals surface area contributed by atoms with Gasteiger partial charge in [0, 0.05) is 13.5 Å². The number of carbonyl (C=O) groups is 1. The van der Waals surface area contributed by atoms with E-state index in [1.165, 1.54) is 24.1 Å². The molecule has 1 aromatic rings. The summed E-state index contributed by atoms with van der Waals surface area (Å²) in [6.45, 7) is 0. The van der Waals surface area contributed by atoms with Gasteiger partial charge in [-0.25, -0.2) is 8.42 Å². The van der Waals surface area contributed by atoms with Gasteiger partial charge in [-0.15, -0.1) is 0 Å². The lowest BCUT2D eigenvalue weighted by atomic mass is 10.2. The monoisotopic (exact) mass is 307 g/mol. The first kappa shape index (κ1) is 13.6. The van der Waals surface area contributed by atoms with Gasteiger partial charge in [0.25, 0.3) is 0 Å². The normalized spacial score (nSPS) is 23.2. The SMILES string of the molecule is CN1C(=O)CCS(=O)(=O)[C@@H]1c1ccc(Cl)c(Cl)c1. The molecule has 18 heavy (non-hydrogen) atoms. The zero-order valence-corrected chi connectivity index (χ0v) is 11.9. The second-order valence-electron chi connectivity index (χ2n) is 4.15. The van der Waals surface area contributed by atoms with Crippen molar-refractivity contribution in [1.29, 1.82) is 0 Å². The molecule has 4 nitrogen and oxygen atoms in total. The molecule has 0 radical (unpaired) electrons. The topological polar surface area (TPSA) is 54.5 Å². The van der Waals surface area contributed by atoms with Crippen LogP contribution in [-0.2, 0) is 14.6 Å². The van der Waals surface area contributed by atoms with Gasteiger partial charge in [-0.1, -0.05) is 29.3 Å². The third kappa shape index (κ3) is 2.35. The second-order valence-corrected chi connectivity index (χ2v) is 7.14.